The molecule has 28 heavy (non-hydrogen) atoms. The fourth-order valence-corrected chi connectivity index (χ4v) is 3.38. The molecule has 0 amide bonds. The van der Waals surface area contributed by atoms with Gasteiger partial charge in [0, 0.05) is 13.6 Å². The Kier molecular flexibility index (Phi) is 5.24. The van der Waals surface area contributed by atoms with Crippen LogP contribution in [0.3, 0.4) is 0 Å². The normalized spacial score (nSPS) is 10.8. The molecule has 0 unspecified atom stereocenters. The van der Waals surface area contributed by atoms with Gasteiger partial charge in [0.15, 0.2) is 0 Å². The lowest BCUT2D eigenvalue weighted by Crippen LogP contribution is -2.05. The molecule has 0 aliphatic rings. The molecule has 0 fully saturated rings. The molecule has 1 heterocycles. The van der Waals surface area contributed by atoms with Gasteiger partial charge in [-0.3, -0.25) is 0 Å². The Morgan fingerprint density at radius 3 is 2.04 bits per heavy atom. The fourth-order valence-electron chi connectivity index (χ4n) is 3.38. The van der Waals surface area contributed by atoms with Gasteiger partial charge in [-0.15, -0.1) is 0 Å². The summed E-state index contributed by atoms with van der Waals surface area (Å²) >= 11 is 0. The minimum absolute atomic E-state index is 0.765. The molecule has 3 aromatic carbocycles. The smallest absolute Gasteiger partial charge is 0.203 e. The lowest BCUT2D eigenvalue weighted by Gasteiger charge is -2.09. The summed E-state index contributed by atoms with van der Waals surface area (Å²) in [6.45, 7) is 2.94. The van der Waals surface area contributed by atoms with Crippen LogP contribution in [-0.4, -0.2) is 9.55 Å². The van der Waals surface area contributed by atoms with Gasteiger partial charge in [-0.2, -0.15) is 0 Å². The van der Waals surface area contributed by atoms with Crippen molar-refractivity contribution in [1.29, 1.82) is 0 Å². The molecule has 4 rings (SSSR count). The second-order valence-corrected chi connectivity index (χ2v) is 6.99. The van der Waals surface area contributed by atoms with Gasteiger partial charge in [0.05, 0.1) is 11.9 Å². The van der Waals surface area contributed by atoms with Crippen LogP contribution in [0.4, 0.5) is 5.95 Å². The van der Waals surface area contributed by atoms with Crippen molar-refractivity contribution in [2.45, 2.75) is 19.9 Å². The highest BCUT2D eigenvalue weighted by Crippen LogP contribution is 2.26. The monoisotopic (exact) mass is 367 g/mol. The lowest BCUT2D eigenvalue weighted by molar-refractivity contribution is 0.906. The topological polar surface area (TPSA) is 29.9 Å². The molecule has 0 radical (unpaired) electrons. The van der Waals surface area contributed by atoms with Gasteiger partial charge in [0.2, 0.25) is 5.95 Å². The van der Waals surface area contributed by atoms with Crippen LogP contribution in [0.2, 0.25) is 0 Å². The van der Waals surface area contributed by atoms with E-state index in [2.05, 4.69) is 102 Å². The molecule has 3 heteroatoms. The second kappa shape index (κ2) is 8.13. The molecule has 0 atom stereocenters. The van der Waals surface area contributed by atoms with Crippen LogP contribution in [0.15, 0.2) is 85.1 Å². The van der Waals surface area contributed by atoms with Gasteiger partial charge in [-0.25, -0.2) is 4.98 Å². The van der Waals surface area contributed by atoms with Gasteiger partial charge >= 0.3 is 0 Å². The van der Waals surface area contributed by atoms with Crippen molar-refractivity contribution in [2.75, 3.05) is 5.32 Å². The summed E-state index contributed by atoms with van der Waals surface area (Å²) in [5.74, 6) is 0.877. The maximum atomic E-state index is 4.57. The van der Waals surface area contributed by atoms with E-state index < -0.39 is 0 Å². The molecular formula is C25H25N3. The number of rotatable bonds is 6. The van der Waals surface area contributed by atoms with E-state index in [1.54, 1.807) is 0 Å². The maximum Gasteiger partial charge on any atom is 0.203 e. The van der Waals surface area contributed by atoms with Crippen LogP contribution < -0.4 is 5.32 Å². The molecular weight excluding hydrogens is 342 g/mol. The van der Waals surface area contributed by atoms with Gasteiger partial charge < -0.3 is 9.88 Å². The highest BCUT2D eigenvalue weighted by atomic mass is 15.2. The first-order valence-corrected chi connectivity index (χ1v) is 9.74. The van der Waals surface area contributed by atoms with Crippen LogP contribution in [-0.2, 0) is 20.0 Å². The van der Waals surface area contributed by atoms with E-state index in [1.807, 2.05) is 12.3 Å². The van der Waals surface area contributed by atoms with Crippen LogP contribution in [0.1, 0.15) is 18.1 Å². The third-order valence-electron chi connectivity index (χ3n) is 5.16. The van der Waals surface area contributed by atoms with E-state index in [9.17, 15) is 0 Å². The molecule has 140 valence electrons. The first-order chi connectivity index (χ1) is 13.7. The highest BCUT2D eigenvalue weighted by molar-refractivity contribution is 5.69. The SMILES string of the molecule is CCc1ccc(CNc2ncc(-c3ccc(-c4ccccc4)cc3)n2C)cc1. The van der Waals surface area contributed by atoms with Crippen molar-refractivity contribution < 1.29 is 0 Å². The number of anilines is 1. The molecule has 0 bridgehead atoms. The number of nitrogens with one attached hydrogen (secondary N) is 1. The standard InChI is InChI=1S/C25H25N3/c1-3-19-9-11-20(12-10-19)17-26-25-27-18-24(28(25)2)23-15-13-22(14-16-23)21-7-5-4-6-8-21/h4-16,18H,3,17H2,1-2H3,(H,26,27). The minimum atomic E-state index is 0.765. The molecule has 0 saturated carbocycles. The average Bonchev–Trinajstić information content (AvgIpc) is 3.13. The van der Waals surface area contributed by atoms with E-state index in [-0.39, 0.29) is 0 Å². The van der Waals surface area contributed by atoms with E-state index in [0.29, 0.717) is 0 Å². The summed E-state index contributed by atoms with van der Waals surface area (Å²) < 4.78 is 2.11. The highest BCUT2D eigenvalue weighted by Gasteiger charge is 2.09. The third-order valence-corrected chi connectivity index (χ3v) is 5.16. The lowest BCUT2D eigenvalue weighted by atomic mass is 10.0. The predicted octanol–water partition coefficient (Wildman–Crippen LogP) is 5.93. The van der Waals surface area contributed by atoms with Gasteiger partial charge in [0.1, 0.15) is 0 Å². The predicted molar refractivity (Wildman–Crippen MR) is 117 cm³/mol. The number of hydrogen-bond acceptors (Lipinski definition) is 2. The number of imidazole rings is 1. The molecule has 0 aliphatic carbocycles. The van der Waals surface area contributed by atoms with Crippen LogP contribution in [0.5, 0.6) is 0 Å². The molecule has 4 aromatic rings. The van der Waals surface area contributed by atoms with Crippen molar-refractivity contribution in [3.63, 3.8) is 0 Å². The van der Waals surface area contributed by atoms with E-state index in [0.717, 1.165) is 30.2 Å². The van der Waals surface area contributed by atoms with Gasteiger partial charge in [-0.05, 0) is 34.2 Å². The van der Waals surface area contributed by atoms with Crippen molar-refractivity contribution in [3.8, 4) is 22.4 Å². The molecule has 0 aliphatic heterocycles. The Balaban J connectivity index is 1.48. The van der Waals surface area contributed by atoms with Crippen LogP contribution in [0, 0.1) is 0 Å². The summed E-state index contributed by atoms with van der Waals surface area (Å²) in [5, 5.41) is 3.45. The Labute approximate surface area is 166 Å². The summed E-state index contributed by atoms with van der Waals surface area (Å²) in [5.41, 5.74) is 7.34. The fraction of sp³-hybridized carbons (Fsp3) is 0.160. The number of aromatic nitrogens is 2. The summed E-state index contributed by atoms with van der Waals surface area (Å²) in [6.07, 6.45) is 3.00. The van der Waals surface area contributed by atoms with Crippen LogP contribution >= 0.6 is 0 Å². The van der Waals surface area contributed by atoms with Crippen LogP contribution in [0.25, 0.3) is 22.4 Å². The molecule has 3 nitrogen and oxygen atoms in total. The first kappa shape index (κ1) is 18.1. The Bertz CT molecular complexity index is 1030. The van der Waals surface area contributed by atoms with E-state index >= 15 is 0 Å². The summed E-state index contributed by atoms with van der Waals surface area (Å²) in [6, 6.07) is 27.8. The van der Waals surface area contributed by atoms with Crippen molar-refractivity contribution >= 4 is 5.95 Å². The number of nitrogens with zero attached hydrogens (tertiary/aromatic N) is 2. The van der Waals surface area contributed by atoms with E-state index in [1.165, 1.54) is 22.3 Å². The average molecular weight is 367 g/mol. The van der Waals surface area contributed by atoms with Crippen molar-refractivity contribution in [2.24, 2.45) is 7.05 Å². The largest absolute Gasteiger partial charge is 0.352 e. The van der Waals surface area contributed by atoms with Crippen molar-refractivity contribution in [3.05, 3.63) is 96.2 Å². The van der Waals surface area contributed by atoms with Gasteiger partial charge in [0.25, 0.3) is 0 Å². The molecule has 0 saturated heterocycles. The molecule has 0 spiro atoms. The summed E-state index contributed by atoms with van der Waals surface area (Å²) in [4.78, 5) is 4.57. The zero-order valence-electron chi connectivity index (χ0n) is 16.4. The zero-order valence-corrected chi connectivity index (χ0v) is 16.4. The Morgan fingerprint density at radius 2 is 1.36 bits per heavy atom. The number of aryl methyl sites for hydroxylation is 1. The molecule has 1 aromatic heterocycles. The first-order valence-electron chi connectivity index (χ1n) is 9.74. The number of benzene rings is 3. The Morgan fingerprint density at radius 1 is 0.750 bits per heavy atom. The Hall–Kier alpha value is -3.33. The number of hydrogen-bond donors (Lipinski definition) is 1. The maximum absolute atomic E-state index is 4.57. The summed E-state index contributed by atoms with van der Waals surface area (Å²) in [7, 11) is 2.05. The minimum Gasteiger partial charge on any atom is -0.352 e. The zero-order chi connectivity index (χ0) is 19.3. The molecule has 1 N–H and O–H groups in total. The third kappa shape index (κ3) is 3.84. The van der Waals surface area contributed by atoms with E-state index in [4.69, 9.17) is 0 Å². The second-order valence-electron chi connectivity index (χ2n) is 6.99. The van der Waals surface area contributed by atoms with Crippen molar-refractivity contribution in [1.82, 2.24) is 9.55 Å². The quantitative estimate of drug-likeness (QED) is 0.458. The van der Waals surface area contributed by atoms with Gasteiger partial charge in [-0.1, -0.05) is 85.8 Å².